The number of nitrogens with one attached hydrogen (secondary N) is 1. The minimum atomic E-state index is -0.899. The molecule has 0 bridgehead atoms. The lowest BCUT2D eigenvalue weighted by Crippen LogP contribution is -2.57. The molecule has 0 aromatic rings. The molecule has 8 atom stereocenters. The highest BCUT2D eigenvalue weighted by Gasteiger charge is 2.64. The quantitative estimate of drug-likeness (QED) is 0.699. The van der Waals surface area contributed by atoms with E-state index in [1.54, 1.807) is 6.92 Å². The van der Waals surface area contributed by atoms with Crippen LogP contribution in [-0.4, -0.2) is 22.7 Å². The third-order valence-electron chi connectivity index (χ3n) is 9.46. The average Bonchev–Trinajstić information content (AvgIpc) is 2.87. The van der Waals surface area contributed by atoms with E-state index in [1.807, 2.05) is 0 Å². The molecule has 0 radical (unpaired) electrons. The number of hydrogen-bond donors (Lipinski definition) is 2. The Bertz CT molecular complexity index is 639. The van der Waals surface area contributed by atoms with Gasteiger partial charge in [-0.2, -0.15) is 0 Å². The number of amides is 1. The molecule has 3 nitrogen and oxygen atoms in total. The molecule has 0 aliphatic heterocycles. The molecule has 0 aromatic heterocycles. The van der Waals surface area contributed by atoms with Crippen molar-refractivity contribution >= 4 is 5.91 Å². The highest BCUT2D eigenvalue weighted by Crippen LogP contribution is 2.68. The second kappa shape index (κ2) is 5.99. The standard InChI is InChI=1S/C23H35NO2/c1-5-23(26)13-10-20-18-7-6-16-14-17(24-15(2)25)8-11-21(16,3)19(18)9-12-22(20,23)4/h1,16-20,26H,6-14H2,2-4H3,(H,24,25)/t16-,17-,18-,19+,20+,21+,22+,23-/m1/s1. The number of fused-ring (bicyclic) bond motifs is 5. The Morgan fingerprint density at radius 3 is 2.50 bits per heavy atom. The molecule has 2 N–H and O–H groups in total. The summed E-state index contributed by atoms with van der Waals surface area (Å²) in [6, 6.07) is 0.369. The van der Waals surface area contributed by atoms with Crippen molar-refractivity contribution in [2.24, 2.45) is 34.5 Å². The van der Waals surface area contributed by atoms with Crippen LogP contribution in [0.1, 0.15) is 78.6 Å². The van der Waals surface area contributed by atoms with E-state index >= 15 is 0 Å². The predicted octanol–water partition coefficient (Wildman–Crippen LogP) is 3.90. The van der Waals surface area contributed by atoms with Crippen molar-refractivity contribution in [3.63, 3.8) is 0 Å². The second-order valence-corrected chi connectivity index (χ2v) is 10.3. The van der Waals surface area contributed by atoms with Crippen LogP contribution < -0.4 is 5.32 Å². The molecular weight excluding hydrogens is 322 g/mol. The Morgan fingerprint density at radius 2 is 1.81 bits per heavy atom. The fourth-order valence-electron chi connectivity index (χ4n) is 7.93. The molecule has 26 heavy (non-hydrogen) atoms. The van der Waals surface area contributed by atoms with Crippen LogP contribution in [-0.2, 0) is 4.79 Å². The minimum absolute atomic E-state index is 0.0977. The lowest BCUT2D eigenvalue weighted by Gasteiger charge is -2.61. The highest BCUT2D eigenvalue weighted by molar-refractivity contribution is 5.73. The molecule has 4 saturated carbocycles. The van der Waals surface area contributed by atoms with Crippen molar-refractivity contribution in [3.05, 3.63) is 0 Å². The maximum Gasteiger partial charge on any atom is 0.217 e. The molecular formula is C23H35NO2. The van der Waals surface area contributed by atoms with Gasteiger partial charge in [0.25, 0.3) is 0 Å². The fourth-order valence-corrected chi connectivity index (χ4v) is 7.93. The molecule has 0 aromatic carbocycles. The van der Waals surface area contributed by atoms with E-state index in [9.17, 15) is 9.90 Å². The van der Waals surface area contributed by atoms with Gasteiger partial charge in [-0.05, 0) is 86.9 Å². The van der Waals surface area contributed by atoms with Gasteiger partial charge in [-0.3, -0.25) is 4.79 Å². The Balaban J connectivity index is 1.56. The lowest BCUT2D eigenvalue weighted by atomic mass is 9.44. The van der Waals surface area contributed by atoms with Gasteiger partial charge in [0, 0.05) is 18.4 Å². The third kappa shape index (κ3) is 2.40. The number of carbonyl (C=O) groups is 1. The summed E-state index contributed by atoms with van der Waals surface area (Å²) in [7, 11) is 0. The van der Waals surface area contributed by atoms with Crippen LogP contribution in [0.5, 0.6) is 0 Å². The van der Waals surface area contributed by atoms with Crippen molar-refractivity contribution in [1.82, 2.24) is 5.32 Å². The van der Waals surface area contributed by atoms with Gasteiger partial charge in [-0.15, -0.1) is 6.42 Å². The minimum Gasteiger partial charge on any atom is -0.377 e. The van der Waals surface area contributed by atoms with E-state index < -0.39 is 5.60 Å². The van der Waals surface area contributed by atoms with Gasteiger partial charge in [-0.25, -0.2) is 0 Å². The monoisotopic (exact) mass is 357 g/mol. The topological polar surface area (TPSA) is 49.3 Å². The van der Waals surface area contributed by atoms with E-state index in [0.29, 0.717) is 17.4 Å². The first kappa shape index (κ1) is 18.4. The molecule has 3 heteroatoms. The normalized spacial score (nSPS) is 53.0. The number of terminal acetylenes is 1. The van der Waals surface area contributed by atoms with E-state index in [1.165, 1.54) is 25.7 Å². The molecule has 4 fully saturated rings. The molecule has 0 spiro atoms. The van der Waals surface area contributed by atoms with Gasteiger partial charge in [0.15, 0.2) is 0 Å². The fraction of sp³-hybridized carbons (Fsp3) is 0.870. The number of hydrogen-bond acceptors (Lipinski definition) is 2. The molecule has 0 saturated heterocycles. The smallest absolute Gasteiger partial charge is 0.217 e. The van der Waals surface area contributed by atoms with Crippen LogP contribution in [0.2, 0.25) is 0 Å². The Hall–Kier alpha value is -1.01. The number of aliphatic hydroxyl groups is 1. The van der Waals surface area contributed by atoms with Crippen molar-refractivity contribution in [2.75, 3.05) is 0 Å². The maximum absolute atomic E-state index is 11.5. The van der Waals surface area contributed by atoms with Crippen LogP contribution in [0, 0.1) is 46.8 Å². The summed E-state index contributed by atoms with van der Waals surface area (Å²) in [5, 5.41) is 14.3. The maximum atomic E-state index is 11.5. The first-order valence-corrected chi connectivity index (χ1v) is 10.7. The second-order valence-electron chi connectivity index (χ2n) is 10.3. The molecule has 4 rings (SSSR count). The van der Waals surface area contributed by atoms with Crippen molar-refractivity contribution in [3.8, 4) is 12.3 Å². The Labute approximate surface area is 158 Å². The third-order valence-corrected chi connectivity index (χ3v) is 9.46. The molecule has 0 unspecified atom stereocenters. The van der Waals surface area contributed by atoms with Gasteiger partial charge >= 0.3 is 0 Å². The van der Waals surface area contributed by atoms with E-state index in [-0.39, 0.29) is 11.3 Å². The van der Waals surface area contributed by atoms with Crippen molar-refractivity contribution < 1.29 is 9.90 Å². The first-order valence-electron chi connectivity index (χ1n) is 10.7. The van der Waals surface area contributed by atoms with Crippen LogP contribution in [0.25, 0.3) is 0 Å². The Morgan fingerprint density at radius 1 is 1.08 bits per heavy atom. The SMILES string of the molecule is C#C[C@@]1(O)CC[C@H]2[C@@H]3CC[C@@H]4C[C@H](NC(C)=O)CC[C@]4(C)[C@H]3CC[C@@]21C. The van der Waals surface area contributed by atoms with E-state index in [4.69, 9.17) is 6.42 Å². The largest absolute Gasteiger partial charge is 0.377 e. The van der Waals surface area contributed by atoms with Gasteiger partial charge < -0.3 is 10.4 Å². The van der Waals surface area contributed by atoms with Crippen LogP contribution in [0.3, 0.4) is 0 Å². The molecule has 144 valence electrons. The van der Waals surface area contributed by atoms with Crippen molar-refractivity contribution in [1.29, 1.82) is 0 Å². The van der Waals surface area contributed by atoms with E-state index in [0.717, 1.165) is 49.9 Å². The lowest BCUT2D eigenvalue weighted by molar-refractivity contribution is -0.138. The first-order chi connectivity index (χ1) is 12.2. The van der Waals surface area contributed by atoms with Gasteiger partial charge in [0.2, 0.25) is 5.91 Å². The van der Waals surface area contributed by atoms with E-state index in [2.05, 4.69) is 25.1 Å². The summed E-state index contributed by atoms with van der Waals surface area (Å²) >= 11 is 0. The van der Waals surface area contributed by atoms with Gasteiger partial charge in [0.1, 0.15) is 5.60 Å². The summed E-state index contributed by atoms with van der Waals surface area (Å²) in [5.41, 5.74) is -0.598. The zero-order valence-corrected chi connectivity index (χ0v) is 16.7. The molecule has 4 aliphatic rings. The Kier molecular flexibility index (Phi) is 4.23. The summed E-state index contributed by atoms with van der Waals surface area (Å²) in [6.07, 6.45) is 16.0. The molecule has 1 amide bonds. The average molecular weight is 358 g/mol. The highest BCUT2D eigenvalue weighted by atomic mass is 16.3. The zero-order chi connectivity index (χ0) is 18.7. The van der Waals surface area contributed by atoms with Gasteiger partial charge in [-0.1, -0.05) is 19.8 Å². The van der Waals surface area contributed by atoms with Crippen LogP contribution in [0.15, 0.2) is 0 Å². The summed E-state index contributed by atoms with van der Waals surface area (Å²) in [6.45, 7) is 6.44. The number of rotatable bonds is 1. The van der Waals surface area contributed by atoms with Crippen LogP contribution in [0.4, 0.5) is 0 Å². The molecule has 0 heterocycles. The van der Waals surface area contributed by atoms with Crippen molar-refractivity contribution in [2.45, 2.75) is 90.2 Å². The van der Waals surface area contributed by atoms with Crippen LogP contribution >= 0.6 is 0 Å². The summed E-state index contributed by atoms with van der Waals surface area (Å²) in [5.74, 6) is 5.68. The van der Waals surface area contributed by atoms with Gasteiger partial charge in [0.05, 0.1) is 0 Å². The molecule has 4 aliphatic carbocycles. The predicted molar refractivity (Wildman–Crippen MR) is 103 cm³/mol. The number of carbonyl (C=O) groups excluding carboxylic acids is 1. The zero-order valence-electron chi connectivity index (χ0n) is 16.7. The summed E-state index contributed by atoms with van der Waals surface area (Å²) < 4.78 is 0. The summed E-state index contributed by atoms with van der Waals surface area (Å²) in [4.78, 5) is 11.5.